The monoisotopic (exact) mass is 300 g/mol. The molecule has 0 fully saturated rings. The van der Waals surface area contributed by atoms with E-state index in [9.17, 15) is 9.59 Å². The second kappa shape index (κ2) is 9.34. The lowest BCUT2D eigenvalue weighted by Gasteiger charge is -2.04. The molecule has 0 aliphatic heterocycles. The van der Waals surface area contributed by atoms with Gasteiger partial charge in [-0.25, -0.2) is 0 Å². The smallest absolute Gasteiger partial charge is 0.310 e. The molecule has 116 valence electrons. The van der Waals surface area contributed by atoms with Gasteiger partial charge >= 0.3 is 11.9 Å². The topological polar surface area (TPSA) is 63.6 Å². The van der Waals surface area contributed by atoms with E-state index in [1.165, 1.54) is 7.11 Å². The van der Waals surface area contributed by atoms with Crippen LogP contribution in [0.3, 0.4) is 0 Å². The molecule has 0 bridgehead atoms. The van der Waals surface area contributed by atoms with Crippen LogP contribution in [-0.2, 0) is 20.7 Å². The zero-order chi connectivity index (χ0) is 16.4. The molecule has 2 rings (SSSR count). The Labute approximate surface area is 130 Å². The van der Waals surface area contributed by atoms with E-state index in [0.29, 0.717) is 6.42 Å². The molecule has 0 aliphatic rings. The lowest BCUT2D eigenvalue weighted by molar-refractivity contribution is -0.140. The fraction of sp³-hybridized carbons (Fsp3) is 0.222. The molecule has 0 radical (unpaired) electrons. The summed E-state index contributed by atoms with van der Waals surface area (Å²) in [5.74, 6) is -1.39. The molecule has 22 heavy (non-hydrogen) atoms. The Bertz CT molecular complexity index is 577. The van der Waals surface area contributed by atoms with Gasteiger partial charge in [0, 0.05) is 0 Å². The molecule has 1 unspecified atom stereocenters. The molecule has 0 spiro atoms. The van der Waals surface area contributed by atoms with Crippen LogP contribution in [0.2, 0.25) is 0 Å². The van der Waals surface area contributed by atoms with Gasteiger partial charge in [-0.2, -0.15) is 0 Å². The number of methoxy groups -OCH3 is 1. The maximum Gasteiger partial charge on any atom is 0.310 e. The lowest BCUT2D eigenvalue weighted by Crippen LogP contribution is -2.06. The summed E-state index contributed by atoms with van der Waals surface area (Å²) in [5.41, 5.74) is 1.83. The third kappa shape index (κ3) is 6.22. The Kier molecular flexibility index (Phi) is 7.40. The molecule has 4 heteroatoms. The van der Waals surface area contributed by atoms with Gasteiger partial charge < -0.3 is 9.84 Å². The number of carbonyl (C=O) groups is 2. The number of benzene rings is 2. The largest absolute Gasteiger partial charge is 0.481 e. The molecule has 2 aromatic rings. The van der Waals surface area contributed by atoms with Crippen LogP contribution in [0.15, 0.2) is 60.7 Å². The predicted molar refractivity (Wildman–Crippen MR) is 84.7 cm³/mol. The van der Waals surface area contributed by atoms with E-state index in [0.717, 1.165) is 11.1 Å². The van der Waals surface area contributed by atoms with E-state index in [4.69, 9.17) is 5.11 Å². The minimum Gasteiger partial charge on any atom is -0.481 e. The van der Waals surface area contributed by atoms with Crippen molar-refractivity contribution in [1.82, 2.24) is 0 Å². The van der Waals surface area contributed by atoms with Crippen molar-refractivity contribution in [2.75, 3.05) is 7.11 Å². The number of esters is 1. The van der Waals surface area contributed by atoms with Crippen LogP contribution in [-0.4, -0.2) is 24.2 Å². The van der Waals surface area contributed by atoms with Gasteiger partial charge in [-0.05, 0) is 18.1 Å². The Morgan fingerprint density at radius 1 is 1.00 bits per heavy atom. The maximum absolute atomic E-state index is 10.8. The first-order valence-electron chi connectivity index (χ1n) is 6.93. The normalized spacial score (nSPS) is 10.8. The molecular weight excluding hydrogens is 280 g/mol. The number of hydrogen-bond acceptors (Lipinski definition) is 3. The number of hydrogen-bond donors (Lipinski definition) is 1. The highest BCUT2D eigenvalue weighted by molar-refractivity contribution is 5.75. The van der Waals surface area contributed by atoms with E-state index < -0.39 is 11.9 Å². The van der Waals surface area contributed by atoms with Crippen LogP contribution in [0.25, 0.3) is 0 Å². The van der Waals surface area contributed by atoms with Crippen molar-refractivity contribution >= 4 is 11.9 Å². The highest BCUT2D eigenvalue weighted by atomic mass is 16.5. The highest BCUT2D eigenvalue weighted by Crippen LogP contribution is 2.13. The molecule has 0 amide bonds. The molecular formula is C18H20O4. The molecule has 1 N–H and O–H groups in total. The molecule has 0 aromatic heterocycles. The van der Waals surface area contributed by atoms with Crippen LogP contribution < -0.4 is 0 Å². The van der Waals surface area contributed by atoms with Crippen molar-refractivity contribution in [3.05, 3.63) is 71.8 Å². The first kappa shape index (κ1) is 17.4. The van der Waals surface area contributed by atoms with Crippen LogP contribution in [0.1, 0.15) is 24.0 Å². The Morgan fingerprint density at radius 3 is 1.95 bits per heavy atom. The van der Waals surface area contributed by atoms with Crippen LogP contribution in [0, 0.1) is 0 Å². The summed E-state index contributed by atoms with van der Waals surface area (Å²) < 4.78 is 4.52. The molecule has 2 aromatic carbocycles. The highest BCUT2D eigenvalue weighted by Gasteiger charge is 2.11. The van der Waals surface area contributed by atoms with Crippen molar-refractivity contribution in [3.8, 4) is 0 Å². The third-order valence-corrected chi connectivity index (χ3v) is 3.09. The number of carbonyl (C=O) groups excluding carboxylic acids is 1. The van der Waals surface area contributed by atoms with Crippen molar-refractivity contribution in [2.24, 2.45) is 0 Å². The summed E-state index contributed by atoms with van der Waals surface area (Å²) in [6, 6.07) is 18.7. The van der Waals surface area contributed by atoms with E-state index in [1.807, 2.05) is 60.7 Å². The summed E-state index contributed by atoms with van der Waals surface area (Å²) in [6.45, 7) is 1.68. The second-order valence-corrected chi connectivity index (χ2v) is 4.71. The minimum atomic E-state index is -0.781. The Hall–Kier alpha value is -2.62. The van der Waals surface area contributed by atoms with Crippen molar-refractivity contribution < 1.29 is 19.4 Å². The fourth-order valence-corrected chi connectivity index (χ4v) is 1.72. The van der Waals surface area contributed by atoms with Gasteiger partial charge in [0.25, 0.3) is 0 Å². The van der Waals surface area contributed by atoms with E-state index in [2.05, 4.69) is 4.74 Å². The molecule has 4 nitrogen and oxygen atoms in total. The zero-order valence-corrected chi connectivity index (χ0v) is 12.7. The average molecular weight is 300 g/mol. The third-order valence-electron chi connectivity index (χ3n) is 3.09. The van der Waals surface area contributed by atoms with Gasteiger partial charge in [0.2, 0.25) is 0 Å². The van der Waals surface area contributed by atoms with Gasteiger partial charge in [-0.3, -0.25) is 9.59 Å². The van der Waals surface area contributed by atoms with Gasteiger partial charge in [-0.15, -0.1) is 0 Å². The van der Waals surface area contributed by atoms with Gasteiger partial charge in [-0.1, -0.05) is 60.7 Å². The summed E-state index contributed by atoms with van der Waals surface area (Å²) >= 11 is 0. The van der Waals surface area contributed by atoms with Crippen molar-refractivity contribution in [2.45, 2.75) is 19.3 Å². The van der Waals surface area contributed by atoms with Crippen molar-refractivity contribution in [1.29, 1.82) is 0 Å². The SMILES string of the molecule is CC(C(=O)O)c1ccccc1.COC(=O)Cc1ccccc1. The Morgan fingerprint density at radius 2 is 1.50 bits per heavy atom. The molecule has 0 saturated carbocycles. The van der Waals surface area contributed by atoms with Crippen LogP contribution in [0.5, 0.6) is 0 Å². The van der Waals surface area contributed by atoms with Gasteiger partial charge in [0.15, 0.2) is 0 Å². The fourth-order valence-electron chi connectivity index (χ4n) is 1.72. The van der Waals surface area contributed by atoms with Crippen LogP contribution in [0.4, 0.5) is 0 Å². The summed E-state index contributed by atoms with van der Waals surface area (Å²) in [7, 11) is 1.39. The molecule has 0 heterocycles. The number of carboxylic acids is 1. The van der Waals surface area contributed by atoms with Crippen LogP contribution >= 0.6 is 0 Å². The lowest BCUT2D eigenvalue weighted by atomic mass is 10.0. The number of carboxylic acid groups (broad SMARTS) is 1. The zero-order valence-electron chi connectivity index (χ0n) is 12.7. The van der Waals surface area contributed by atoms with E-state index >= 15 is 0 Å². The minimum absolute atomic E-state index is 0.198. The predicted octanol–water partition coefficient (Wildman–Crippen LogP) is 3.28. The van der Waals surface area contributed by atoms with Gasteiger partial charge in [0.05, 0.1) is 19.4 Å². The molecule has 0 saturated heterocycles. The Balaban J connectivity index is 0.000000220. The maximum atomic E-state index is 10.8. The number of aliphatic carboxylic acids is 1. The van der Waals surface area contributed by atoms with Crippen molar-refractivity contribution in [3.63, 3.8) is 0 Å². The van der Waals surface area contributed by atoms with E-state index in [1.54, 1.807) is 6.92 Å². The average Bonchev–Trinajstić information content (AvgIpc) is 2.56. The van der Waals surface area contributed by atoms with E-state index in [-0.39, 0.29) is 5.97 Å². The van der Waals surface area contributed by atoms with Gasteiger partial charge in [0.1, 0.15) is 0 Å². The summed E-state index contributed by atoms with van der Waals surface area (Å²) in [6.07, 6.45) is 0.358. The number of rotatable bonds is 4. The number of ether oxygens (including phenoxy) is 1. The standard InChI is InChI=1S/2C9H10O2/c1-11-9(10)7-8-5-3-2-4-6-8;1-7(9(10)11)8-5-3-2-4-6-8/h2-6H,7H2,1H3;2-7H,1H3,(H,10,11). The summed E-state index contributed by atoms with van der Waals surface area (Å²) in [5, 5.41) is 8.64. The first-order valence-corrected chi connectivity index (χ1v) is 6.93. The summed E-state index contributed by atoms with van der Waals surface area (Å²) in [4.78, 5) is 21.3. The molecule has 1 atom stereocenters. The molecule has 0 aliphatic carbocycles. The second-order valence-electron chi connectivity index (χ2n) is 4.71. The first-order chi connectivity index (χ1) is 10.5. The quantitative estimate of drug-likeness (QED) is 0.880.